The summed E-state index contributed by atoms with van der Waals surface area (Å²) in [5.74, 6) is -1.06. The number of sulfone groups is 1. The number of carbonyl (C=O) groups excluding carboxylic acids is 1. The smallest absolute Gasteiger partial charge is 0.225 e. The van der Waals surface area contributed by atoms with Crippen LogP contribution >= 0.6 is 15.9 Å². The topological polar surface area (TPSA) is 63.2 Å². The minimum Gasteiger partial charge on any atom is -0.325 e. The number of anilines is 1. The molecule has 0 radical (unpaired) electrons. The van der Waals surface area contributed by atoms with Crippen molar-refractivity contribution in [2.24, 2.45) is 0 Å². The zero-order chi connectivity index (χ0) is 13.1. The quantitative estimate of drug-likeness (QED) is 0.921. The molecule has 1 aromatic carbocycles. The Bertz CT molecular complexity index is 530. The molecule has 0 fully saturated rings. The Morgan fingerprint density at radius 3 is 2.65 bits per heavy atom. The van der Waals surface area contributed by atoms with Crippen LogP contribution in [0.1, 0.15) is 6.42 Å². The van der Waals surface area contributed by atoms with Crippen LogP contribution in [0.25, 0.3) is 0 Å². The van der Waals surface area contributed by atoms with Gasteiger partial charge in [-0.05, 0) is 34.1 Å². The van der Waals surface area contributed by atoms with Gasteiger partial charge in [0, 0.05) is 17.1 Å². The number of carbonyl (C=O) groups is 1. The van der Waals surface area contributed by atoms with Gasteiger partial charge >= 0.3 is 0 Å². The van der Waals surface area contributed by atoms with Gasteiger partial charge in [0.25, 0.3) is 0 Å². The first-order valence-electron chi connectivity index (χ1n) is 4.70. The van der Waals surface area contributed by atoms with Crippen molar-refractivity contribution in [1.82, 2.24) is 0 Å². The monoisotopic (exact) mass is 323 g/mol. The number of rotatable bonds is 4. The second-order valence-electron chi connectivity index (χ2n) is 3.55. The Morgan fingerprint density at radius 1 is 1.47 bits per heavy atom. The number of hydrogen-bond donors (Lipinski definition) is 1. The molecule has 17 heavy (non-hydrogen) atoms. The lowest BCUT2D eigenvalue weighted by Crippen LogP contribution is -2.16. The number of halogens is 2. The van der Waals surface area contributed by atoms with E-state index in [9.17, 15) is 17.6 Å². The van der Waals surface area contributed by atoms with Gasteiger partial charge in [0.1, 0.15) is 15.7 Å². The number of nitrogens with one attached hydrogen (secondary N) is 1. The summed E-state index contributed by atoms with van der Waals surface area (Å²) in [4.78, 5) is 11.4. The van der Waals surface area contributed by atoms with Gasteiger partial charge in [0.2, 0.25) is 5.91 Å². The molecule has 0 aromatic heterocycles. The lowest BCUT2D eigenvalue weighted by Gasteiger charge is -2.06. The van der Waals surface area contributed by atoms with Gasteiger partial charge in [-0.3, -0.25) is 4.79 Å². The number of benzene rings is 1. The van der Waals surface area contributed by atoms with Crippen molar-refractivity contribution < 1.29 is 17.6 Å². The Balaban J connectivity index is 2.62. The van der Waals surface area contributed by atoms with Gasteiger partial charge in [-0.1, -0.05) is 0 Å². The molecule has 94 valence electrons. The molecule has 1 amide bonds. The maximum Gasteiger partial charge on any atom is 0.225 e. The Morgan fingerprint density at radius 2 is 2.12 bits per heavy atom. The van der Waals surface area contributed by atoms with Crippen LogP contribution in [0.3, 0.4) is 0 Å². The van der Waals surface area contributed by atoms with E-state index in [0.717, 1.165) is 6.26 Å². The van der Waals surface area contributed by atoms with E-state index in [1.807, 2.05) is 0 Å². The summed E-state index contributed by atoms with van der Waals surface area (Å²) in [7, 11) is -3.16. The van der Waals surface area contributed by atoms with Crippen molar-refractivity contribution in [2.75, 3.05) is 17.3 Å². The first-order chi connectivity index (χ1) is 7.78. The van der Waals surface area contributed by atoms with Crippen molar-refractivity contribution in [3.05, 3.63) is 28.5 Å². The molecule has 7 heteroatoms. The Kier molecular flexibility index (Phi) is 4.64. The van der Waals surface area contributed by atoms with Gasteiger partial charge in [-0.2, -0.15) is 0 Å². The molecule has 0 aliphatic rings. The zero-order valence-corrected chi connectivity index (χ0v) is 11.4. The molecule has 0 spiro atoms. The molecule has 0 saturated carbocycles. The van der Waals surface area contributed by atoms with Gasteiger partial charge < -0.3 is 5.32 Å². The molecule has 0 unspecified atom stereocenters. The van der Waals surface area contributed by atoms with Gasteiger partial charge in [-0.25, -0.2) is 12.8 Å². The SMILES string of the molecule is CS(=O)(=O)CCC(=O)Nc1ccc(F)cc1Br. The second-order valence-corrected chi connectivity index (χ2v) is 6.67. The maximum absolute atomic E-state index is 12.8. The van der Waals surface area contributed by atoms with E-state index in [-0.39, 0.29) is 12.2 Å². The fourth-order valence-electron chi connectivity index (χ4n) is 1.08. The van der Waals surface area contributed by atoms with Gasteiger partial charge in [0.15, 0.2) is 0 Å². The van der Waals surface area contributed by atoms with Crippen molar-refractivity contribution in [3.63, 3.8) is 0 Å². The fraction of sp³-hybridized carbons (Fsp3) is 0.300. The van der Waals surface area contributed by atoms with E-state index < -0.39 is 21.6 Å². The highest BCUT2D eigenvalue weighted by Crippen LogP contribution is 2.23. The maximum atomic E-state index is 12.8. The highest BCUT2D eigenvalue weighted by Gasteiger charge is 2.10. The molecular formula is C10H11BrFNO3S. The predicted octanol–water partition coefficient (Wildman–Crippen LogP) is 1.96. The lowest BCUT2D eigenvalue weighted by molar-refractivity contribution is -0.115. The summed E-state index contributed by atoms with van der Waals surface area (Å²) in [5.41, 5.74) is 0.407. The molecule has 1 N–H and O–H groups in total. The van der Waals surface area contributed by atoms with Crippen LogP contribution in [0.4, 0.5) is 10.1 Å². The third kappa shape index (κ3) is 5.27. The molecular weight excluding hydrogens is 313 g/mol. The standard InChI is InChI=1S/C10H11BrFNO3S/c1-17(15,16)5-4-10(14)13-9-3-2-7(12)6-8(9)11/h2-3,6H,4-5H2,1H3,(H,13,14). The van der Waals surface area contributed by atoms with Crippen LogP contribution in [0, 0.1) is 5.82 Å². The van der Waals surface area contributed by atoms with Crippen molar-refractivity contribution in [3.8, 4) is 0 Å². The Labute approximate surface area is 107 Å². The van der Waals surface area contributed by atoms with Crippen LogP contribution < -0.4 is 5.32 Å². The van der Waals surface area contributed by atoms with E-state index in [1.54, 1.807) is 0 Å². The summed E-state index contributed by atoms with van der Waals surface area (Å²) >= 11 is 3.09. The van der Waals surface area contributed by atoms with Crippen LogP contribution in [0.2, 0.25) is 0 Å². The van der Waals surface area contributed by atoms with E-state index in [1.165, 1.54) is 18.2 Å². The van der Waals surface area contributed by atoms with Crippen molar-refractivity contribution >= 4 is 37.4 Å². The average molecular weight is 324 g/mol. The number of amides is 1. The van der Waals surface area contributed by atoms with E-state index in [2.05, 4.69) is 21.2 Å². The first-order valence-corrected chi connectivity index (χ1v) is 7.56. The van der Waals surface area contributed by atoms with E-state index >= 15 is 0 Å². The molecule has 0 aliphatic heterocycles. The molecule has 0 saturated heterocycles. The molecule has 1 aromatic rings. The summed E-state index contributed by atoms with van der Waals surface area (Å²) in [6.07, 6.45) is 0.941. The summed E-state index contributed by atoms with van der Waals surface area (Å²) in [6, 6.07) is 3.82. The van der Waals surface area contributed by atoms with Crippen LogP contribution in [0.15, 0.2) is 22.7 Å². The summed E-state index contributed by atoms with van der Waals surface area (Å²) < 4.78 is 34.9. The molecule has 0 atom stereocenters. The molecule has 0 bridgehead atoms. The minimum atomic E-state index is -3.16. The highest BCUT2D eigenvalue weighted by molar-refractivity contribution is 9.10. The third-order valence-electron chi connectivity index (χ3n) is 1.91. The molecule has 4 nitrogen and oxygen atoms in total. The van der Waals surface area contributed by atoms with Crippen LogP contribution in [-0.2, 0) is 14.6 Å². The summed E-state index contributed by atoms with van der Waals surface area (Å²) in [6.45, 7) is 0. The highest BCUT2D eigenvalue weighted by atomic mass is 79.9. The normalized spacial score (nSPS) is 11.2. The molecule has 0 heterocycles. The third-order valence-corrected chi connectivity index (χ3v) is 3.51. The van der Waals surface area contributed by atoms with Crippen LogP contribution in [-0.4, -0.2) is 26.3 Å². The van der Waals surface area contributed by atoms with E-state index in [0.29, 0.717) is 10.2 Å². The molecule has 1 rings (SSSR count). The predicted molar refractivity (Wildman–Crippen MR) is 67.1 cm³/mol. The minimum absolute atomic E-state index is 0.122. The number of hydrogen-bond acceptors (Lipinski definition) is 3. The summed E-state index contributed by atoms with van der Waals surface area (Å²) in [5, 5.41) is 2.49. The second kappa shape index (κ2) is 5.59. The van der Waals surface area contributed by atoms with Gasteiger partial charge in [-0.15, -0.1) is 0 Å². The van der Waals surface area contributed by atoms with Crippen molar-refractivity contribution in [2.45, 2.75) is 6.42 Å². The fourth-order valence-corrected chi connectivity index (χ4v) is 2.09. The average Bonchev–Trinajstić information content (AvgIpc) is 2.18. The lowest BCUT2D eigenvalue weighted by atomic mass is 10.3. The first kappa shape index (κ1) is 14.1. The zero-order valence-electron chi connectivity index (χ0n) is 9.04. The Hall–Kier alpha value is -0.950. The molecule has 0 aliphatic carbocycles. The van der Waals surface area contributed by atoms with Crippen molar-refractivity contribution in [1.29, 1.82) is 0 Å². The van der Waals surface area contributed by atoms with E-state index in [4.69, 9.17) is 0 Å². The largest absolute Gasteiger partial charge is 0.325 e. The van der Waals surface area contributed by atoms with Gasteiger partial charge in [0.05, 0.1) is 11.4 Å². The van der Waals surface area contributed by atoms with Crippen LogP contribution in [0.5, 0.6) is 0 Å².